The van der Waals surface area contributed by atoms with Crippen LogP contribution in [0.25, 0.3) is 0 Å². The number of carboxylic acid groups (broad SMARTS) is 1. The van der Waals surface area contributed by atoms with Crippen molar-refractivity contribution in [1.29, 1.82) is 0 Å². The number of hydrogen-bond donors (Lipinski definition) is 1. The Morgan fingerprint density at radius 2 is 1.92 bits per heavy atom. The minimum Gasteiger partial charge on any atom is -0.480 e. The number of hydrogen-bond acceptors (Lipinski definition) is 5. The molecule has 0 spiro atoms. The summed E-state index contributed by atoms with van der Waals surface area (Å²) >= 11 is 1.41. The minimum absolute atomic E-state index is 0.147. The highest BCUT2D eigenvalue weighted by atomic mass is 32.2. The molecule has 0 aromatic heterocycles. The van der Waals surface area contributed by atoms with Crippen molar-refractivity contribution < 1.29 is 24.2 Å². The van der Waals surface area contributed by atoms with Crippen LogP contribution in [-0.4, -0.2) is 63.1 Å². The van der Waals surface area contributed by atoms with Gasteiger partial charge in [-0.1, -0.05) is 30.3 Å². The molecule has 0 radical (unpaired) electrons. The van der Waals surface area contributed by atoms with Crippen molar-refractivity contribution in [2.75, 3.05) is 18.2 Å². The molecule has 2 aliphatic heterocycles. The molecule has 2 amide bonds. The molecule has 2 heterocycles. The highest BCUT2D eigenvalue weighted by Gasteiger charge is 2.42. The van der Waals surface area contributed by atoms with E-state index < -0.39 is 24.1 Å². The first-order valence-corrected chi connectivity index (χ1v) is 9.31. The first-order chi connectivity index (χ1) is 12.1. The molecule has 134 valence electrons. The van der Waals surface area contributed by atoms with E-state index in [1.807, 2.05) is 30.3 Å². The summed E-state index contributed by atoms with van der Waals surface area (Å²) in [6, 6.07) is 7.87. The minimum atomic E-state index is -1.01. The van der Waals surface area contributed by atoms with Crippen molar-refractivity contribution in [1.82, 2.24) is 9.80 Å². The number of thioether (sulfide) groups is 1. The number of aliphatic carboxylic acids is 1. The summed E-state index contributed by atoms with van der Waals surface area (Å²) in [5, 5.41) is 9.25. The number of nitrogens with zero attached hydrogens (tertiary/aromatic N) is 2. The van der Waals surface area contributed by atoms with Crippen molar-refractivity contribution >= 4 is 29.7 Å². The number of carbonyl (C=O) groups is 3. The van der Waals surface area contributed by atoms with E-state index in [0.717, 1.165) is 5.56 Å². The van der Waals surface area contributed by atoms with E-state index in [2.05, 4.69) is 0 Å². The summed E-state index contributed by atoms with van der Waals surface area (Å²) in [7, 11) is 0. The molecule has 7 nitrogen and oxygen atoms in total. The second-order valence-corrected chi connectivity index (χ2v) is 7.05. The maximum absolute atomic E-state index is 12.8. The molecule has 0 aliphatic carbocycles. The summed E-state index contributed by atoms with van der Waals surface area (Å²) in [6.45, 7) is 0.594. The number of carboxylic acids is 1. The molecule has 8 heteroatoms. The SMILES string of the molecule is O=C(O)[C@@H]1CSCN1C(=O)[C@@H]1CCCN1C(=O)OCc1ccccc1. The molecule has 2 atom stereocenters. The Kier molecular flexibility index (Phi) is 5.47. The highest BCUT2D eigenvalue weighted by Crippen LogP contribution is 2.27. The smallest absolute Gasteiger partial charge is 0.410 e. The normalized spacial score (nSPS) is 22.9. The largest absolute Gasteiger partial charge is 0.480 e. The second kappa shape index (κ2) is 7.77. The first-order valence-electron chi connectivity index (χ1n) is 8.16. The molecule has 2 fully saturated rings. The van der Waals surface area contributed by atoms with Crippen LogP contribution in [0.3, 0.4) is 0 Å². The van der Waals surface area contributed by atoms with Gasteiger partial charge in [0.1, 0.15) is 18.7 Å². The third-order valence-electron chi connectivity index (χ3n) is 4.43. The molecule has 2 saturated heterocycles. The van der Waals surface area contributed by atoms with Crippen molar-refractivity contribution in [3.8, 4) is 0 Å². The fourth-order valence-corrected chi connectivity index (χ4v) is 4.26. The second-order valence-electron chi connectivity index (χ2n) is 6.05. The zero-order chi connectivity index (χ0) is 17.8. The van der Waals surface area contributed by atoms with Crippen LogP contribution >= 0.6 is 11.8 Å². The Balaban J connectivity index is 1.62. The number of benzene rings is 1. The standard InChI is InChI=1S/C17H20N2O5S/c20-15(19-11-25-10-14(19)16(21)22)13-7-4-8-18(13)17(23)24-9-12-5-2-1-3-6-12/h1-3,5-6,13-14H,4,7-11H2,(H,21,22)/t13-,14-/m0/s1. The number of ether oxygens (including phenoxy) is 1. The van der Waals surface area contributed by atoms with E-state index >= 15 is 0 Å². The Hall–Kier alpha value is -2.22. The average Bonchev–Trinajstić information content (AvgIpc) is 3.29. The lowest BCUT2D eigenvalue weighted by molar-refractivity contribution is -0.149. The number of likely N-dealkylation sites (tertiary alicyclic amines) is 1. The van der Waals surface area contributed by atoms with Crippen LogP contribution in [-0.2, 0) is 20.9 Å². The lowest BCUT2D eigenvalue weighted by Gasteiger charge is -2.29. The van der Waals surface area contributed by atoms with E-state index in [1.165, 1.54) is 21.6 Å². The van der Waals surface area contributed by atoms with Crippen LogP contribution in [0.15, 0.2) is 30.3 Å². The van der Waals surface area contributed by atoms with E-state index in [0.29, 0.717) is 31.0 Å². The van der Waals surface area contributed by atoms with Gasteiger partial charge in [-0.3, -0.25) is 9.69 Å². The first kappa shape index (κ1) is 17.6. The highest BCUT2D eigenvalue weighted by molar-refractivity contribution is 7.99. The topological polar surface area (TPSA) is 87.2 Å². The van der Waals surface area contributed by atoms with Crippen molar-refractivity contribution in [3.63, 3.8) is 0 Å². The van der Waals surface area contributed by atoms with Gasteiger partial charge in [-0.25, -0.2) is 9.59 Å². The van der Waals surface area contributed by atoms with E-state index in [9.17, 15) is 19.5 Å². The maximum atomic E-state index is 12.8. The van der Waals surface area contributed by atoms with E-state index in [-0.39, 0.29) is 12.5 Å². The summed E-state index contributed by atoms with van der Waals surface area (Å²) < 4.78 is 5.32. The average molecular weight is 364 g/mol. The Labute approximate surface area is 149 Å². The Morgan fingerprint density at radius 3 is 2.64 bits per heavy atom. The molecule has 0 unspecified atom stereocenters. The van der Waals surface area contributed by atoms with Crippen LogP contribution in [0.1, 0.15) is 18.4 Å². The van der Waals surface area contributed by atoms with Crippen molar-refractivity contribution in [2.45, 2.75) is 31.5 Å². The summed E-state index contributed by atoms with van der Waals surface area (Å²) in [5.41, 5.74) is 0.875. The third kappa shape index (κ3) is 3.89. The fraction of sp³-hybridized carbons (Fsp3) is 0.471. The van der Waals surface area contributed by atoms with Gasteiger partial charge in [-0.2, -0.15) is 0 Å². The zero-order valence-electron chi connectivity index (χ0n) is 13.7. The lowest BCUT2D eigenvalue weighted by atomic mass is 10.1. The Morgan fingerprint density at radius 1 is 1.16 bits per heavy atom. The molecule has 1 N–H and O–H groups in total. The molecule has 0 saturated carbocycles. The number of carbonyl (C=O) groups excluding carboxylic acids is 2. The van der Waals surface area contributed by atoms with Gasteiger partial charge in [-0.05, 0) is 18.4 Å². The van der Waals surface area contributed by atoms with Gasteiger partial charge >= 0.3 is 12.1 Å². The van der Waals surface area contributed by atoms with Gasteiger partial charge < -0.3 is 14.7 Å². The summed E-state index contributed by atoms with van der Waals surface area (Å²) in [4.78, 5) is 39.2. The predicted molar refractivity (Wildman–Crippen MR) is 91.9 cm³/mol. The van der Waals surface area contributed by atoms with Crippen LogP contribution in [0.5, 0.6) is 0 Å². The van der Waals surface area contributed by atoms with E-state index in [1.54, 1.807) is 0 Å². The van der Waals surface area contributed by atoms with Gasteiger partial charge in [0.2, 0.25) is 5.91 Å². The molecule has 1 aromatic carbocycles. The van der Waals surface area contributed by atoms with Crippen LogP contribution in [0, 0.1) is 0 Å². The molecule has 3 rings (SSSR count). The maximum Gasteiger partial charge on any atom is 0.410 e. The zero-order valence-corrected chi connectivity index (χ0v) is 14.5. The van der Waals surface area contributed by atoms with Gasteiger partial charge in [0.25, 0.3) is 0 Å². The number of amides is 2. The van der Waals surface area contributed by atoms with Crippen molar-refractivity contribution in [3.05, 3.63) is 35.9 Å². The number of rotatable bonds is 4. The lowest BCUT2D eigenvalue weighted by Crippen LogP contribution is -2.51. The van der Waals surface area contributed by atoms with Gasteiger partial charge in [0.05, 0.1) is 5.88 Å². The summed E-state index contributed by atoms with van der Waals surface area (Å²) in [6.07, 6.45) is 0.709. The van der Waals surface area contributed by atoms with E-state index in [4.69, 9.17) is 4.74 Å². The molecular weight excluding hydrogens is 344 g/mol. The van der Waals surface area contributed by atoms with Crippen LogP contribution in [0.4, 0.5) is 4.79 Å². The quantitative estimate of drug-likeness (QED) is 0.876. The molecular formula is C17H20N2O5S. The van der Waals surface area contributed by atoms with Gasteiger partial charge in [0.15, 0.2) is 0 Å². The predicted octanol–water partition coefficient (Wildman–Crippen LogP) is 1.77. The van der Waals surface area contributed by atoms with Crippen molar-refractivity contribution in [2.24, 2.45) is 0 Å². The fourth-order valence-electron chi connectivity index (χ4n) is 3.10. The molecule has 1 aromatic rings. The van der Waals surface area contributed by atoms with Gasteiger partial charge in [-0.15, -0.1) is 11.8 Å². The van der Waals surface area contributed by atoms with Crippen LogP contribution < -0.4 is 0 Å². The summed E-state index contributed by atoms with van der Waals surface area (Å²) in [5.74, 6) is -0.577. The third-order valence-corrected chi connectivity index (χ3v) is 5.44. The molecule has 25 heavy (non-hydrogen) atoms. The Bertz CT molecular complexity index is 654. The van der Waals surface area contributed by atoms with Crippen LogP contribution in [0.2, 0.25) is 0 Å². The molecule has 0 bridgehead atoms. The van der Waals surface area contributed by atoms with Gasteiger partial charge in [0, 0.05) is 12.3 Å². The monoisotopic (exact) mass is 364 g/mol. The molecule has 2 aliphatic rings.